The molecule has 5 atom stereocenters. The number of nitrogens with zero attached hydrogens (tertiary/aromatic N) is 1. The molecule has 10 heteroatoms. The van der Waals surface area contributed by atoms with Crippen LogP contribution >= 0.6 is 0 Å². The van der Waals surface area contributed by atoms with E-state index in [0.29, 0.717) is 6.42 Å². The van der Waals surface area contributed by atoms with Crippen LogP contribution in [0.4, 0.5) is 17.6 Å². The maximum absolute atomic E-state index is 14.6. The van der Waals surface area contributed by atoms with Crippen LogP contribution in [0.1, 0.15) is 37.8 Å². The number of ether oxygens (including phenoxy) is 2. The molecule has 3 aliphatic rings. The van der Waals surface area contributed by atoms with Crippen LogP contribution in [-0.2, 0) is 22.3 Å². The first-order chi connectivity index (χ1) is 18.3. The Hall–Kier alpha value is -3.24. The lowest BCUT2D eigenvalue weighted by atomic mass is 9.93. The maximum atomic E-state index is 14.6. The number of alkyl halides is 3. The number of aliphatic hydroxyl groups is 1. The average molecular weight is 548 g/mol. The Morgan fingerprint density at radius 3 is 2.62 bits per heavy atom. The zero-order chi connectivity index (χ0) is 28.1. The van der Waals surface area contributed by atoms with Crippen molar-refractivity contribution >= 4 is 12.2 Å². The smallest absolute Gasteiger partial charge is 0.417 e. The van der Waals surface area contributed by atoms with Gasteiger partial charge in [0.25, 0.3) is 0 Å². The highest BCUT2D eigenvalue weighted by Crippen LogP contribution is 2.62. The summed E-state index contributed by atoms with van der Waals surface area (Å²) in [6.07, 6.45) is -0.913. The summed E-state index contributed by atoms with van der Waals surface area (Å²) in [7, 11) is 0. The van der Waals surface area contributed by atoms with Gasteiger partial charge >= 0.3 is 12.1 Å². The van der Waals surface area contributed by atoms with Crippen molar-refractivity contribution in [3.8, 4) is 16.9 Å². The van der Waals surface area contributed by atoms with Crippen molar-refractivity contribution in [2.45, 2.75) is 51.3 Å². The third-order valence-corrected chi connectivity index (χ3v) is 7.62. The highest BCUT2D eigenvalue weighted by molar-refractivity contribution is 5.80. The molecule has 208 valence electrons. The Balaban J connectivity index is 1.29. The molecule has 0 amide bonds. The Kier molecular flexibility index (Phi) is 7.05. The van der Waals surface area contributed by atoms with Crippen LogP contribution in [0.2, 0.25) is 0 Å². The number of allylic oxidation sites excluding steroid dienone is 1. The monoisotopic (exact) mass is 547 g/mol. The van der Waals surface area contributed by atoms with Gasteiger partial charge in [0, 0.05) is 24.1 Å². The topological polar surface area (TPSA) is 88.3 Å². The van der Waals surface area contributed by atoms with Crippen molar-refractivity contribution in [2.75, 3.05) is 6.61 Å². The average Bonchev–Trinajstić information content (AvgIpc) is 3.44. The molecule has 39 heavy (non-hydrogen) atoms. The molecule has 2 N–H and O–H groups in total. The van der Waals surface area contributed by atoms with Gasteiger partial charge in [0.15, 0.2) is 6.23 Å². The van der Waals surface area contributed by atoms with Crippen LogP contribution in [-0.4, -0.2) is 40.8 Å². The number of carbonyl (C=O) groups is 1. The van der Waals surface area contributed by atoms with E-state index >= 15 is 0 Å². The Morgan fingerprint density at radius 1 is 1.15 bits per heavy atom. The van der Waals surface area contributed by atoms with Gasteiger partial charge in [-0.3, -0.25) is 9.79 Å². The van der Waals surface area contributed by atoms with Gasteiger partial charge in [-0.05, 0) is 73.6 Å². The molecule has 2 aromatic carbocycles. The number of rotatable bonds is 9. The fraction of sp³-hybridized carbons (Fsp3) is 0.448. The quantitative estimate of drug-likeness (QED) is 0.303. The van der Waals surface area contributed by atoms with Gasteiger partial charge in [-0.2, -0.15) is 13.2 Å². The largest absolute Gasteiger partial charge is 0.493 e. The zero-order valence-electron chi connectivity index (χ0n) is 21.4. The van der Waals surface area contributed by atoms with E-state index < -0.39 is 35.4 Å². The molecule has 0 radical (unpaired) electrons. The Bertz CT molecular complexity index is 1330. The second-order valence-corrected chi connectivity index (χ2v) is 11.0. The summed E-state index contributed by atoms with van der Waals surface area (Å²) in [6.45, 7) is 3.00. The summed E-state index contributed by atoms with van der Waals surface area (Å²) in [5.74, 6) is -1.56. The number of dihydropyridines is 1. The molecule has 0 spiro atoms. The summed E-state index contributed by atoms with van der Waals surface area (Å²) >= 11 is 0. The van der Waals surface area contributed by atoms with Gasteiger partial charge in [0.05, 0.1) is 30.3 Å². The van der Waals surface area contributed by atoms with Crippen LogP contribution in [0.5, 0.6) is 5.75 Å². The van der Waals surface area contributed by atoms with Crippen molar-refractivity contribution in [1.82, 2.24) is 0 Å². The van der Waals surface area contributed by atoms with Crippen molar-refractivity contribution in [2.24, 2.45) is 28.7 Å². The van der Waals surface area contributed by atoms with E-state index in [1.807, 2.05) is 6.08 Å². The first-order valence-electron chi connectivity index (χ1n) is 12.8. The van der Waals surface area contributed by atoms with Crippen molar-refractivity contribution < 1.29 is 42.0 Å². The van der Waals surface area contributed by atoms with E-state index in [1.165, 1.54) is 24.3 Å². The molecule has 1 heterocycles. The van der Waals surface area contributed by atoms with Gasteiger partial charge in [-0.1, -0.05) is 17.7 Å². The van der Waals surface area contributed by atoms with Crippen LogP contribution in [0.3, 0.4) is 0 Å². The van der Waals surface area contributed by atoms with Gasteiger partial charge < -0.3 is 19.7 Å². The minimum Gasteiger partial charge on any atom is -0.493 e. The molecular weight excluding hydrogens is 518 g/mol. The second kappa shape index (κ2) is 10.1. The number of halogens is 4. The summed E-state index contributed by atoms with van der Waals surface area (Å²) < 4.78 is 67.7. The Labute approximate surface area is 223 Å². The van der Waals surface area contributed by atoms with E-state index in [0.717, 1.165) is 17.7 Å². The normalized spacial score (nSPS) is 25.6. The first-order valence-corrected chi connectivity index (χ1v) is 12.8. The van der Waals surface area contributed by atoms with Crippen molar-refractivity contribution in [3.63, 3.8) is 0 Å². The molecule has 0 aromatic heterocycles. The number of hydrogen-bond donors (Lipinski definition) is 2. The van der Waals surface area contributed by atoms with Crippen LogP contribution in [0, 0.1) is 29.5 Å². The summed E-state index contributed by atoms with van der Waals surface area (Å²) in [4.78, 5) is 15.6. The standard InChI is InChI=1S/C29H29F4NO5/c1-28(2,37)7-8-38-18-4-5-19(22(12-18)29(31,32)33)15-3-6-23(30)17(9-15)14-39-24-11-16-10-20-25(21(16)13-34-24)26(20)27(35)36/h3-6,9,11-13,20-21,24-26,37H,7-8,10,14H2,1-2H3,(H,35,36). The molecule has 0 bridgehead atoms. The fourth-order valence-electron chi connectivity index (χ4n) is 5.57. The molecule has 5 unspecified atom stereocenters. The number of benzene rings is 2. The third kappa shape index (κ3) is 5.86. The van der Waals surface area contributed by atoms with E-state index in [2.05, 4.69) is 4.99 Å². The van der Waals surface area contributed by atoms with Gasteiger partial charge in [-0.25, -0.2) is 4.39 Å². The molecule has 0 saturated heterocycles. The van der Waals surface area contributed by atoms with E-state index in [9.17, 15) is 32.6 Å². The van der Waals surface area contributed by atoms with Crippen molar-refractivity contribution in [1.29, 1.82) is 0 Å². The fourth-order valence-corrected chi connectivity index (χ4v) is 5.57. The molecule has 6 nitrogen and oxygen atoms in total. The number of aliphatic carboxylic acids is 1. The predicted molar refractivity (Wildman–Crippen MR) is 135 cm³/mol. The minimum absolute atomic E-state index is 0.0149. The lowest BCUT2D eigenvalue weighted by Crippen LogP contribution is -2.21. The van der Waals surface area contributed by atoms with E-state index in [4.69, 9.17) is 9.47 Å². The Morgan fingerprint density at radius 2 is 1.92 bits per heavy atom. The summed E-state index contributed by atoms with van der Waals surface area (Å²) in [5, 5.41) is 19.1. The molecule has 2 aromatic rings. The maximum Gasteiger partial charge on any atom is 0.417 e. The number of fused-ring (bicyclic) bond motifs is 3. The third-order valence-electron chi connectivity index (χ3n) is 7.62. The van der Waals surface area contributed by atoms with Gasteiger partial charge in [0.1, 0.15) is 11.6 Å². The van der Waals surface area contributed by atoms with Crippen molar-refractivity contribution in [3.05, 3.63) is 65.0 Å². The highest BCUT2D eigenvalue weighted by Gasteiger charge is 2.63. The second-order valence-electron chi connectivity index (χ2n) is 11.0. The zero-order valence-corrected chi connectivity index (χ0v) is 21.4. The lowest BCUT2D eigenvalue weighted by molar-refractivity contribution is -0.139. The molecule has 2 aliphatic carbocycles. The van der Waals surface area contributed by atoms with Gasteiger partial charge in [-0.15, -0.1) is 0 Å². The minimum atomic E-state index is -4.68. The van der Waals surface area contributed by atoms with Gasteiger partial charge in [0.2, 0.25) is 0 Å². The molecule has 1 aliphatic heterocycles. The number of hydrogen-bond acceptors (Lipinski definition) is 5. The first kappa shape index (κ1) is 27.3. The summed E-state index contributed by atoms with van der Waals surface area (Å²) in [5.41, 5.74) is -0.738. The van der Waals surface area contributed by atoms with Crippen LogP contribution < -0.4 is 4.74 Å². The number of carboxylic acids is 1. The molecule has 2 fully saturated rings. The highest BCUT2D eigenvalue weighted by atomic mass is 19.4. The molecule has 5 rings (SSSR count). The summed E-state index contributed by atoms with van der Waals surface area (Å²) in [6, 6.07) is 7.32. The van der Waals surface area contributed by atoms with Crippen LogP contribution in [0.15, 0.2) is 53.0 Å². The number of carboxylic acid groups (broad SMARTS) is 1. The predicted octanol–water partition coefficient (Wildman–Crippen LogP) is 5.87. The lowest BCUT2D eigenvalue weighted by Gasteiger charge is -2.21. The SMILES string of the molecule is CC(C)(O)CCOc1ccc(-c2ccc(F)c(COC3C=C4CC5C(C(=O)O)C5C4C=N3)c2)c(C(F)(F)F)c1. The number of aliphatic imine (C=N–C) groups is 1. The van der Waals surface area contributed by atoms with Crippen LogP contribution in [0.25, 0.3) is 11.1 Å². The molecule has 2 saturated carbocycles. The van der Waals surface area contributed by atoms with E-state index in [-0.39, 0.29) is 65.7 Å². The molecular formula is C29H29F4NO5. The van der Waals surface area contributed by atoms with E-state index in [1.54, 1.807) is 20.1 Å².